The lowest BCUT2D eigenvalue weighted by Gasteiger charge is -2.29. The van der Waals surface area contributed by atoms with Gasteiger partial charge >= 0.3 is 0 Å². The van der Waals surface area contributed by atoms with Crippen molar-refractivity contribution in [2.24, 2.45) is 0 Å². The molecule has 0 N–H and O–H groups in total. The zero-order valence-corrected chi connectivity index (χ0v) is 37.7. The Morgan fingerprint density at radius 1 is 0.283 bits per heavy atom. The fourth-order valence-corrected chi connectivity index (χ4v) is 12.3. The lowest BCUT2D eigenvalue weighted by Crippen LogP contribution is -2.17. The molecular weight excluding hydrogens is 767 g/mol. The summed E-state index contributed by atoms with van der Waals surface area (Å²) in [6, 6.07) is 61.1. The van der Waals surface area contributed by atoms with Crippen molar-refractivity contribution < 1.29 is 9.05 Å². The van der Waals surface area contributed by atoms with Gasteiger partial charge < -0.3 is 9.05 Å². The molecule has 0 saturated heterocycles. The summed E-state index contributed by atoms with van der Waals surface area (Å²) in [7, 11) is -2.58. The lowest BCUT2D eigenvalue weighted by atomic mass is 9.85. The van der Waals surface area contributed by atoms with Gasteiger partial charge in [0.1, 0.15) is 11.5 Å². The average molecular weight is 819 g/mol. The van der Waals surface area contributed by atoms with Gasteiger partial charge in [-0.15, -0.1) is 0 Å². The Kier molecular flexibility index (Phi) is 12.2. The minimum atomic E-state index is -1.29. The molecule has 4 heteroatoms. The molecule has 0 radical (unpaired) electrons. The fourth-order valence-electron chi connectivity index (χ4n) is 8.72. The summed E-state index contributed by atoms with van der Waals surface area (Å²) in [4.78, 5) is 0. The zero-order valence-electron chi connectivity index (χ0n) is 35.9. The molecule has 0 atom stereocenters. The van der Waals surface area contributed by atoms with Gasteiger partial charge in [-0.05, 0) is 99.9 Å². The molecule has 60 heavy (non-hydrogen) atoms. The Hall–Kier alpha value is -5.78. The number of rotatable bonds is 11. The van der Waals surface area contributed by atoms with Gasteiger partial charge in [-0.1, -0.05) is 181 Å². The first kappa shape index (κ1) is 41.0. The minimum Gasteiger partial charge on any atom is -0.463 e. The van der Waals surface area contributed by atoms with Crippen molar-refractivity contribution in [3.8, 4) is 44.9 Å². The minimum absolute atomic E-state index is 0.870. The van der Waals surface area contributed by atoms with E-state index in [9.17, 15) is 0 Å². The maximum absolute atomic E-state index is 7.79. The predicted octanol–water partition coefficient (Wildman–Crippen LogP) is 14.0. The SMILES string of the molecule is Cc1cc(C)c(-c2ccc(C)c(-c3c(C)ccc(-c4c(C)cc(C)cc4C)c3OP(c3ccccc3)c3ccccc3)c2OP(c2ccccc2)c2ccccc2)c(C)c1. The Morgan fingerprint density at radius 2 is 0.550 bits per heavy atom. The second-order valence-electron chi connectivity index (χ2n) is 15.9. The molecular formula is C56H52O2P2. The molecule has 0 aliphatic heterocycles. The van der Waals surface area contributed by atoms with E-state index in [1.165, 1.54) is 44.5 Å². The van der Waals surface area contributed by atoms with Crippen molar-refractivity contribution in [3.05, 3.63) is 214 Å². The van der Waals surface area contributed by atoms with Crippen LogP contribution in [-0.2, 0) is 0 Å². The van der Waals surface area contributed by atoms with E-state index in [4.69, 9.17) is 9.05 Å². The second-order valence-corrected chi connectivity index (χ2v) is 19.5. The zero-order chi connectivity index (χ0) is 41.9. The van der Waals surface area contributed by atoms with Gasteiger partial charge in [-0.25, -0.2) is 0 Å². The summed E-state index contributed by atoms with van der Waals surface area (Å²) in [6.07, 6.45) is 0. The molecule has 0 saturated carbocycles. The first-order valence-corrected chi connectivity index (χ1v) is 23.2. The molecule has 0 aliphatic rings. The van der Waals surface area contributed by atoms with Gasteiger partial charge in [-0.3, -0.25) is 0 Å². The highest BCUT2D eigenvalue weighted by Gasteiger charge is 2.30. The maximum atomic E-state index is 7.79. The van der Waals surface area contributed by atoms with Gasteiger partial charge in [0.05, 0.1) is 0 Å². The molecule has 0 aliphatic carbocycles. The standard InChI is InChI=1S/C56H52O2P2/c1-37-33-41(5)51(42(6)34-37)49-31-29-39(3)53(55(49)57-59(45-21-13-9-14-22-45)46-23-15-10-16-24-46)54-40(4)30-32-50(52-43(7)35-38(2)36-44(52)8)56(54)58-60(47-25-17-11-18-26-47)48-27-19-12-20-28-48/h9-36H,1-8H3. The van der Waals surface area contributed by atoms with E-state index in [-0.39, 0.29) is 0 Å². The molecule has 0 fully saturated rings. The van der Waals surface area contributed by atoms with Gasteiger partial charge in [0.25, 0.3) is 0 Å². The molecule has 298 valence electrons. The summed E-state index contributed by atoms with van der Waals surface area (Å²) < 4.78 is 15.6. The van der Waals surface area contributed by atoms with E-state index in [2.05, 4.69) is 225 Å². The van der Waals surface area contributed by atoms with Crippen molar-refractivity contribution in [2.45, 2.75) is 55.4 Å². The van der Waals surface area contributed by atoms with Crippen LogP contribution in [0.25, 0.3) is 33.4 Å². The van der Waals surface area contributed by atoms with Crippen LogP contribution in [-0.4, -0.2) is 0 Å². The fraction of sp³-hybridized carbons (Fsp3) is 0.143. The van der Waals surface area contributed by atoms with Crippen molar-refractivity contribution in [1.29, 1.82) is 0 Å². The van der Waals surface area contributed by atoms with Gasteiger partial charge in [0, 0.05) is 43.5 Å². The number of hydrogen-bond donors (Lipinski definition) is 0. The third-order valence-electron chi connectivity index (χ3n) is 11.2. The predicted molar refractivity (Wildman–Crippen MR) is 260 cm³/mol. The summed E-state index contributed by atoms with van der Waals surface area (Å²) >= 11 is 0. The number of benzene rings is 8. The van der Waals surface area contributed by atoms with Crippen molar-refractivity contribution in [2.75, 3.05) is 0 Å². The van der Waals surface area contributed by atoms with Crippen LogP contribution in [0.5, 0.6) is 11.5 Å². The van der Waals surface area contributed by atoms with Crippen LogP contribution in [0.2, 0.25) is 0 Å². The molecule has 0 unspecified atom stereocenters. The topological polar surface area (TPSA) is 18.5 Å². The molecule has 0 spiro atoms. The first-order chi connectivity index (χ1) is 29.1. The smallest absolute Gasteiger partial charge is 0.150 e. The molecule has 2 nitrogen and oxygen atoms in total. The van der Waals surface area contributed by atoms with E-state index in [1.807, 2.05) is 0 Å². The summed E-state index contributed by atoms with van der Waals surface area (Å²) in [5, 5.41) is 4.61. The average Bonchev–Trinajstić information content (AvgIpc) is 3.24. The third-order valence-corrected chi connectivity index (χ3v) is 15.0. The van der Waals surface area contributed by atoms with Gasteiger partial charge in [0.15, 0.2) is 16.3 Å². The van der Waals surface area contributed by atoms with Crippen LogP contribution in [0.4, 0.5) is 0 Å². The van der Waals surface area contributed by atoms with E-state index in [0.717, 1.165) is 66.1 Å². The van der Waals surface area contributed by atoms with Crippen molar-refractivity contribution in [3.63, 3.8) is 0 Å². The van der Waals surface area contributed by atoms with Crippen LogP contribution in [0, 0.1) is 55.4 Å². The molecule has 0 bridgehead atoms. The van der Waals surface area contributed by atoms with Gasteiger partial charge in [-0.2, -0.15) is 0 Å². The highest BCUT2D eigenvalue weighted by Crippen LogP contribution is 2.55. The van der Waals surface area contributed by atoms with Crippen LogP contribution < -0.4 is 30.3 Å². The molecule has 8 aromatic carbocycles. The van der Waals surface area contributed by atoms with Crippen LogP contribution in [0.3, 0.4) is 0 Å². The quantitative estimate of drug-likeness (QED) is 0.121. The summed E-state index contributed by atoms with van der Waals surface area (Å²) in [6.45, 7) is 17.7. The van der Waals surface area contributed by atoms with Crippen molar-refractivity contribution in [1.82, 2.24) is 0 Å². The van der Waals surface area contributed by atoms with Crippen molar-refractivity contribution >= 4 is 37.5 Å². The summed E-state index contributed by atoms with van der Waals surface area (Å²) in [5.74, 6) is 1.74. The Labute approximate surface area is 359 Å². The van der Waals surface area contributed by atoms with Crippen LogP contribution in [0.15, 0.2) is 170 Å². The van der Waals surface area contributed by atoms with Crippen LogP contribution >= 0.6 is 16.3 Å². The largest absolute Gasteiger partial charge is 0.463 e. The monoisotopic (exact) mass is 818 g/mol. The first-order valence-electron chi connectivity index (χ1n) is 20.7. The maximum Gasteiger partial charge on any atom is 0.150 e. The Morgan fingerprint density at radius 3 is 0.817 bits per heavy atom. The highest BCUT2D eigenvalue weighted by atomic mass is 31.1. The van der Waals surface area contributed by atoms with E-state index in [1.54, 1.807) is 0 Å². The molecule has 0 amide bonds. The van der Waals surface area contributed by atoms with Crippen LogP contribution in [0.1, 0.15) is 44.5 Å². The van der Waals surface area contributed by atoms with E-state index >= 15 is 0 Å². The number of aryl methyl sites for hydroxylation is 8. The van der Waals surface area contributed by atoms with E-state index < -0.39 is 16.3 Å². The molecule has 0 aromatic heterocycles. The summed E-state index contributed by atoms with van der Waals surface area (Å²) in [5.41, 5.74) is 16.3. The molecule has 8 rings (SSSR count). The second kappa shape index (κ2) is 17.8. The number of hydrogen-bond acceptors (Lipinski definition) is 2. The molecule has 0 heterocycles. The van der Waals surface area contributed by atoms with Gasteiger partial charge in [0.2, 0.25) is 0 Å². The normalized spacial score (nSPS) is 11.3. The Balaban J connectivity index is 1.49. The lowest BCUT2D eigenvalue weighted by molar-refractivity contribution is 0.623. The molecule has 8 aromatic rings. The Bertz CT molecular complexity index is 2460. The highest BCUT2D eigenvalue weighted by molar-refractivity contribution is 7.69. The van der Waals surface area contributed by atoms with E-state index in [0.29, 0.717) is 0 Å². The third kappa shape index (κ3) is 8.33.